The number of likely N-dealkylation sites (tertiary alicyclic amines) is 2. The summed E-state index contributed by atoms with van der Waals surface area (Å²) in [5.41, 5.74) is 0.106. The van der Waals surface area contributed by atoms with Crippen LogP contribution in [0, 0.1) is 0 Å². The summed E-state index contributed by atoms with van der Waals surface area (Å²) in [5.74, 6) is -0.274. The smallest absolute Gasteiger partial charge is 0.253 e. The van der Waals surface area contributed by atoms with Crippen LogP contribution < -0.4 is 0 Å². The van der Waals surface area contributed by atoms with E-state index >= 15 is 0 Å². The molecule has 2 saturated heterocycles. The average molecular weight is 646 g/mol. The Kier molecular flexibility index (Phi) is 10.2. The van der Waals surface area contributed by atoms with Gasteiger partial charge in [-0.1, -0.05) is 65.7 Å². The Morgan fingerprint density at radius 2 is 1.56 bits per heavy atom. The minimum Gasteiger partial charge on any atom is -0.389 e. The molecule has 2 aliphatic heterocycles. The fourth-order valence-electron chi connectivity index (χ4n) is 6.25. The fraction of sp³-hybridized carbons (Fsp3) is 0.424. The molecule has 5 rings (SSSR count). The molecule has 0 aliphatic carbocycles. The first-order valence-corrected chi connectivity index (χ1v) is 17.1. The number of rotatable bonds is 10. The van der Waals surface area contributed by atoms with Gasteiger partial charge in [-0.15, -0.1) is 0 Å². The first-order chi connectivity index (χ1) is 20.6. The molecule has 7 nitrogen and oxygen atoms in total. The SMILES string of the molecule is O=C(c1ccccc1)N1CCCC(CCOCN2CCC(O)(CS(=O)(=O)c3ccccc3)CC2)(c2ccc(Cl)c(Cl)c2)C1. The van der Waals surface area contributed by atoms with Gasteiger partial charge in [0.2, 0.25) is 0 Å². The van der Waals surface area contributed by atoms with Crippen LogP contribution in [0.25, 0.3) is 0 Å². The van der Waals surface area contributed by atoms with E-state index in [4.69, 9.17) is 27.9 Å². The summed E-state index contributed by atoms with van der Waals surface area (Å²) < 4.78 is 31.8. The maximum absolute atomic E-state index is 13.4. The Labute approximate surface area is 264 Å². The van der Waals surface area contributed by atoms with Crippen LogP contribution in [-0.4, -0.2) is 80.1 Å². The third-order valence-corrected chi connectivity index (χ3v) is 11.4. The maximum Gasteiger partial charge on any atom is 0.253 e. The van der Waals surface area contributed by atoms with Gasteiger partial charge in [-0.3, -0.25) is 9.69 Å². The van der Waals surface area contributed by atoms with Crippen molar-refractivity contribution in [3.05, 3.63) is 100 Å². The van der Waals surface area contributed by atoms with E-state index in [2.05, 4.69) is 4.90 Å². The van der Waals surface area contributed by atoms with Gasteiger partial charge in [-0.2, -0.15) is 0 Å². The lowest BCUT2D eigenvalue weighted by atomic mass is 9.71. The van der Waals surface area contributed by atoms with Crippen molar-refractivity contribution in [2.24, 2.45) is 0 Å². The van der Waals surface area contributed by atoms with Crippen LogP contribution in [0.15, 0.2) is 83.8 Å². The summed E-state index contributed by atoms with van der Waals surface area (Å²) in [6, 6.07) is 23.3. The third-order valence-electron chi connectivity index (χ3n) is 8.76. The van der Waals surface area contributed by atoms with Crippen molar-refractivity contribution < 1.29 is 23.1 Å². The molecular formula is C33H38Cl2N2O5S. The average Bonchev–Trinajstić information content (AvgIpc) is 3.02. The summed E-state index contributed by atoms with van der Waals surface area (Å²) in [7, 11) is -3.58. The van der Waals surface area contributed by atoms with Gasteiger partial charge in [0.1, 0.15) is 0 Å². The van der Waals surface area contributed by atoms with Crippen LogP contribution in [0.2, 0.25) is 10.0 Å². The Balaban J connectivity index is 1.19. The number of carbonyl (C=O) groups is 1. The first-order valence-electron chi connectivity index (χ1n) is 14.7. The number of ether oxygens (including phenoxy) is 1. The lowest BCUT2D eigenvalue weighted by Crippen LogP contribution is -2.50. The maximum atomic E-state index is 13.4. The summed E-state index contributed by atoms with van der Waals surface area (Å²) in [4.78, 5) is 17.6. The molecule has 2 heterocycles. The molecule has 1 atom stereocenters. The fourth-order valence-corrected chi connectivity index (χ4v) is 8.28. The quantitative estimate of drug-likeness (QED) is 0.279. The highest BCUT2D eigenvalue weighted by atomic mass is 35.5. The molecule has 2 fully saturated rings. The van der Waals surface area contributed by atoms with Crippen LogP contribution >= 0.6 is 23.2 Å². The zero-order chi connectivity index (χ0) is 30.5. The van der Waals surface area contributed by atoms with Crippen molar-refractivity contribution in [2.75, 3.05) is 45.3 Å². The summed E-state index contributed by atoms with van der Waals surface area (Å²) >= 11 is 12.7. The van der Waals surface area contributed by atoms with Crippen LogP contribution in [-0.2, 0) is 20.0 Å². The minimum absolute atomic E-state index is 0.0146. The molecule has 10 heteroatoms. The van der Waals surface area contributed by atoms with Crippen molar-refractivity contribution in [2.45, 2.75) is 48.0 Å². The van der Waals surface area contributed by atoms with Crippen LogP contribution in [0.4, 0.5) is 0 Å². The van der Waals surface area contributed by atoms with Crippen molar-refractivity contribution in [1.82, 2.24) is 9.80 Å². The number of hydrogen-bond donors (Lipinski definition) is 1. The largest absolute Gasteiger partial charge is 0.389 e. The van der Waals surface area contributed by atoms with Gasteiger partial charge in [0.15, 0.2) is 9.84 Å². The molecule has 0 aromatic heterocycles. The number of hydrogen-bond acceptors (Lipinski definition) is 6. The molecule has 0 saturated carbocycles. The second-order valence-electron chi connectivity index (χ2n) is 11.8. The van der Waals surface area contributed by atoms with E-state index in [1.54, 1.807) is 30.3 Å². The summed E-state index contributed by atoms with van der Waals surface area (Å²) in [6.45, 7) is 3.17. The number of sulfone groups is 1. The highest BCUT2D eigenvalue weighted by Crippen LogP contribution is 2.40. The number of aliphatic hydroxyl groups is 1. The standard InChI is InChI=1S/C33H38Cl2N2O5S/c34-29-13-12-27(22-30(29)35)32(14-7-18-37(23-32)31(38)26-8-3-1-4-9-26)17-21-42-25-36-19-15-33(39,16-20-36)24-43(40,41)28-10-5-2-6-11-28/h1-6,8-13,22,39H,7,14-21,23-25H2. The molecule has 1 unspecified atom stereocenters. The zero-order valence-electron chi connectivity index (χ0n) is 24.1. The summed E-state index contributed by atoms with van der Waals surface area (Å²) in [5, 5.41) is 12.1. The second-order valence-corrected chi connectivity index (χ2v) is 14.6. The molecule has 1 amide bonds. The van der Waals surface area contributed by atoms with Crippen LogP contribution in [0.1, 0.15) is 48.0 Å². The van der Waals surface area contributed by atoms with E-state index in [0.717, 1.165) is 18.4 Å². The molecule has 2 aliphatic rings. The van der Waals surface area contributed by atoms with E-state index in [0.29, 0.717) is 74.4 Å². The molecular weight excluding hydrogens is 607 g/mol. The highest BCUT2D eigenvalue weighted by Gasteiger charge is 2.40. The van der Waals surface area contributed by atoms with Gasteiger partial charge >= 0.3 is 0 Å². The van der Waals surface area contributed by atoms with E-state index < -0.39 is 15.4 Å². The number of amides is 1. The number of piperidine rings is 2. The van der Waals surface area contributed by atoms with E-state index in [1.165, 1.54) is 0 Å². The molecule has 230 valence electrons. The summed E-state index contributed by atoms with van der Waals surface area (Å²) in [6.07, 6.45) is 3.14. The predicted molar refractivity (Wildman–Crippen MR) is 169 cm³/mol. The topological polar surface area (TPSA) is 87.2 Å². The van der Waals surface area contributed by atoms with Gasteiger partial charge in [-0.05, 0) is 74.1 Å². The Hall–Kier alpha value is -2.46. The number of carbonyl (C=O) groups excluding carboxylic acids is 1. The first kappa shape index (κ1) is 31.9. The van der Waals surface area contributed by atoms with Gasteiger partial charge in [-0.25, -0.2) is 8.42 Å². The van der Waals surface area contributed by atoms with Gasteiger partial charge < -0.3 is 14.7 Å². The van der Waals surface area contributed by atoms with Crippen molar-refractivity contribution >= 4 is 38.9 Å². The Morgan fingerprint density at radius 3 is 2.23 bits per heavy atom. The lowest BCUT2D eigenvalue weighted by molar-refractivity contribution is -0.0470. The molecule has 3 aromatic carbocycles. The van der Waals surface area contributed by atoms with Crippen LogP contribution in [0.3, 0.4) is 0 Å². The normalized spacial score (nSPS) is 21.0. The molecule has 0 radical (unpaired) electrons. The van der Waals surface area contributed by atoms with Crippen molar-refractivity contribution in [3.63, 3.8) is 0 Å². The highest BCUT2D eigenvalue weighted by molar-refractivity contribution is 7.91. The number of nitrogens with zero attached hydrogens (tertiary/aromatic N) is 2. The number of halogens is 2. The second kappa shape index (κ2) is 13.7. The van der Waals surface area contributed by atoms with E-state index in [9.17, 15) is 18.3 Å². The molecule has 1 N–H and O–H groups in total. The monoisotopic (exact) mass is 644 g/mol. The van der Waals surface area contributed by atoms with Gasteiger partial charge in [0.25, 0.3) is 5.91 Å². The van der Waals surface area contributed by atoms with Crippen LogP contribution in [0.5, 0.6) is 0 Å². The zero-order valence-corrected chi connectivity index (χ0v) is 26.5. The van der Waals surface area contributed by atoms with Crippen molar-refractivity contribution in [1.29, 1.82) is 0 Å². The molecule has 43 heavy (non-hydrogen) atoms. The third kappa shape index (κ3) is 7.80. The molecule has 3 aromatic rings. The number of benzene rings is 3. The van der Waals surface area contributed by atoms with Crippen molar-refractivity contribution in [3.8, 4) is 0 Å². The molecule has 0 spiro atoms. The minimum atomic E-state index is -3.58. The van der Waals surface area contributed by atoms with Gasteiger partial charge in [0, 0.05) is 43.8 Å². The van der Waals surface area contributed by atoms with E-state index in [-0.39, 0.29) is 22.0 Å². The van der Waals surface area contributed by atoms with Gasteiger partial charge in [0.05, 0.1) is 33.0 Å². The lowest BCUT2D eigenvalue weighted by Gasteiger charge is -2.44. The van der Waals surface area contributed by atoms with E-state index in [1.807, 2.05) is 53.4 Å². The predicted octanol–water partition coefficient (Wildman–Crippen LogP) is 5.83. The molecule has 0 bridgehead atoms. The Morgan fingerprint density at radius 1 is 0.884 bits per heavy atom. The Bertz CT molecular complexity index is 1500.